The monoisotopic (exact) mass is 728 g/mol. The van der Waals surface area contributed by atoms with Crippen molar-refractivity contribution in [1.82, 2.24) is 5.32 Å². The predicted molar refractivity (Wildman–Crippen MR) is 128 cm³/mol. The Balaban J connectivity index is 3.33. The molecule has 0 saturated carbocycles. The van der Waals surface area contributed by atoms with Gasteiger partial charge in [0.15, 0.2) is 0 Å². The Labute approximate surface area is 203 Å². The number of halogens is 3. The number of carbonyl (C=O) groups excluding carboxylic acids is 4. The molecule has 2 amide bonds. The Morgan fingerprint density at radius 1 is 0.929 bits per heavy atom. The van der Waals surface area contributed by atoms with Crippen LogP contribution in [0.4, 0.5) is 5.69 Å². The van der Waals surface area contributed by atoms with E-state index in [1.54, 1.807) is 20.8 Å². The minimum Gasteiger partial charge on any atom is -0.427 e. The Kier molecular flexibility index (Phi) is 9.37. The van der Waals surface area contributed by atoms with E-state index >= 15 is 0 Å². The lowest BCUT2D eigenvalue weighted by atomic mass is 9.98. The van der Waals surface area contributed by atoms with Crippen LogP contribution < -0.4 is 10.6 Å². The van der Waals surface area contributed by atoms with E-state index in [1.165, 1.54) is 14.0 Å². The summed E-state index contributed by atoms with van der Waals surface area (Å²) in [6.45, 7) is 5.80. The lowest BCUT2D eigenvalue weighted by molar-refractivity contribution is -0.161. The van der Waals surface area contributed by atoms with E-state index < -0.39 is 30.1 Å². The van der Waals surface area contributed by atoms with Crippen molar-refractivity contribution in [2.24, 2.45) is 5.41 Å². The van der Waals surface area contributed by atoms with Gasteiger partial charge >= 0.3 is 11.9 Å². The minimum absolute atomic E-state index is 0.107. The highest BCUT2D eigenvalue weighted by Gasteiger charge is 2.29. The maximum atomic E-state index is 12.7. The van der Waals surface area contributed by atoms with Crippen LogP contribution in [-0.2, 0) is 19.1 Å². The highest BCUT2D eigenvalue weighted by Crippen LogP contribution is 2.36. The zero-order chi connectivity index (χ0) is 21.8. The molecule has 0 heterocycles. The molecular formula is C17H19I3N2O6. The summed E-state index contributed by atoms with van der Waals surface area (Å²) in [6, 6.07) is 0. The summed E-state index contributed by atoms with van der Waals surface area (Å²) in [4.78, 5) is 48.4. The number of ether oxygens (including phenoxy) is 2. The molecule has 0 spiro atoms. The Morgan fingerprint density at radius 2 is 1.46 bits per heavy atom. The smallest absolute Gasteiger partial charge is 0.343 e. The lowest BCUT2D eigenvalue weighted by Crippen LogP contribution is -2.26. The number of benzene rings is 1. The first kappa shape index (κ1) is 25.3. The van der Waals surface area contributed by atoms with E-state index in [0.717, 1.165) is 0 Å². The predicted octanol–water partition coefficient (Wildman–Crippen LogP) is 3.52. The third-order valence-electron chi connectivity index (χ3n) is 3.27. The number of rotatable bonds is 5. The molecule has 154 valence electrons. The number of nitrogens with one attached hydrogen (secondary N) is 2. The van der Waals surface area contributed by atoms with Gasteiger partial charge in [0.25, 0.3) is 5.91 Å². The molecule has 0 saturated heterocycles. The Hall–Kier alpha value is -0.710. The molecule has 0 unspecified atom stereocenters. The summed E-state index contributed by atoms with van der Waals surface area (Å²) in [5.74, 6) is -2.05. The molecule has 0 aliphatic heterocycles. The molecule has 0 atom stereocenters. The number of esters is 2. The third kappa shape index (κ3) is 6.14. The van der Waals surface area contributed by atoms with Gasteiger partial charge in [-0.3, -0.25) is 14.4 Å². The number of amides is 2. The third-order valence-corrected chi connectivity index (χ3v) is 6.50. The number of anilines is 1. The molecule has 28 heavy (non-hydrogen) atoms. The van der Waals surface area contributed by atoms with E-state index in [4.69, 9.17) is 9.47 Å². The molecule has 0 bridgehead atoms. The average Bonchev–Trinajstić information content (AvgIpc) is 2.57. The van der Waals surface area contributed by atoms with Crippen LogP contribution in [0.5, 0.6) is 0 Å². The maximum Gasteiger partial charge on any atom is 0.343 e. The van der Waals surface area contributed by atoms with Gasteiger partial charge in [-0.05, 0) is 88.5 Å². The number of carbonyl (C=O) groups is 4. The van der Waals surface area contributed by atoms with E-state index in [2.05, 4.69) is 10.6 Å². The van der Waals surface area contributed by atoms with Crippen molar-refractivity contribution in [1.29, 1.82) is 0 Å². The molecule has 1 aromatic rings. The highest BCUT2D eigenvalue weighted by atomic mass is 127. The van der Waals surface area contributed by atoms with Crippen molar-refractivity contribution in [3.8, 4) is 0 Å². The molecule has 2 N–H and O–H groups in total. The van der Waals surface area contributed by atoms with Crippen LogP contribution in [0.25, 0.3) is 0 Å². The number of hydrogen-bond acceptors (Lipinski definition) is 6. The SMILES string of the molecule is CNC(=O)c1c(I)c(NC(C)=O)c(I)c(C(=O)OCOC(=O)C(C)(C)C)c1I. The van der Waals surface area contributed by atoms with Gasteiger partial charge in [-0.2, -0.15) is 0 Å². The van der Waals surface area contributed by atoms with Crippen molar-refractivity contribution in [2.75, 3.05) is 19.2 Å². The van der Waals surface area contributed by atoms with Crippen molar-refractivity contribution in [2.45, 2.75) is 27.7 Å². The summed E-state index contributed by atoms with van der Waals surface area (Å²) in [6.07, 6.45) is 0. The summed E-state index contributed by atoms with van der Waals surface area (Å²) < 4.78 is 11.3. The molecule has 0 aromatic heterocycles. The van der Waals surface area contributed by atoms with Crippen LogP contribution >= 0.6 is 67.8 Å². The largest absolute Gasteiger partial charge is 0.427 e. The molecule has 0 aliphatic carbocycles. The normalized spacial score (nSPS) is 10.9. The van der Waals surface area contributed by atoms with Crippen LogP contribution in [0, 0.1) is 16.1 Å². The molecule has 0 radical (unpaired) electrons. The molecule has 0 aliphatic rings. The fourth-order valence-electron chi connectivity index (χ4n) is 1.88. The van der Waals surface area contributed by atoms with Crippen molar-refractivity contribution in [3.63, 3.8) is 0 Å². The molecule has 1 rings (SSSR count). The zero-order valence-electron chi connectivity index (χ0n) is 15.8. The van der Waals surface area contributed by atoms with Gasteiger partial charge in [0.2, 0.25) is 12.7 Å². The maximum absolute atomic E-state index is 12.7. The average molecular weight is 728 g/mol. The topological polar surface area (TPSA) is 111 Å². The number of hydrogen-bond donors (Lipinski definition) is 2. The van der Waals surface area contributed by atoms with E-state index in [9.17, 15) is 19.2 Å². The molecular weight excluding hydrogens is 709 g/mol. The summed E-state index contributed by atoms with van der Waals surface area (Å²) in [5, 5.41) is 5.17. The Bertz CT molecular complexity index is 833. The molecule has 8 nitrogen and oxygen atoms in total. The van der Waals surface area contributed by atoms with E-state index in [0.29, 0.717) is 16.4 Å². The van der Waals surface area contributed by atoms with Gasteiger partial charge in [-0.25, -0.2) is 4.79 Å². The van der Waals surface area contributed by atoms with Crippen LogP contribution in [0.1, 0.15) is 48.4 Å². The van der Waals surface area contributed by atoms with Gasteiger partial charge < -0.3 is 20.1 Å². The quantitative estimate of drug-likeness (QED) is 0.273. The highest BCUT2D eigenvalue weighted by molar-refractivity contribution is 14.1. The zero-order valence-corrected chi connectivity index (χ0v) is 22.3. The van der Waals surface area contributed by atoms with Crippen LogP contribution in [0.15, 0.2) is 0 Å². The fourth-order valence-corrected chi connectivity index (χ4v) is 6.24. The van der Waals surface area contributed by atoms with Gasteiger partial charge in [-0.1, -0.05) is 0 Å². The first-order chi connectivity index (χ1) is 12.8. The van der Waals surface area contributed by atoms with Crippen molar-refractivity contribution < 1.29 is 28.7 Å². The second-order valence-corrected chi connectivity index (χ2v) is 9.79. The molecule has 11 heteroatoms. The van der Waals surface area contributed by atoms with Gasteiger partial charge in [0.05, 0.1) is 29.4 Å². The van der Waals surface area contributed by atoms with Crippen LogP contribution in [0.2, 0.25) is 0 Å². The summed E-state index contributed by atoms with van der Waals surface area (Å²) in [5.41, 5.74) is -0.0445. The second kappa shape index (κ2) is 10.4. The lowest BCUT2D eigenvalue weighted by Gasteiger charge is -2.19. The van der Waals surface area contributed by atoms with Gasteiger partial charge in [0, 0.05) is 17.5 Å². The second-order valence-electron chi connectivity index (χ2n) is 6.56. The molecule has 1 aromatic carbocycles. The standard InChI is InChI=1S/C17H19I3N2O6/c1-7(23)22-13-11(19)8(14(24)21-5)10(18)9(12(13)20)15(25)27-6-28-16(26)17(2,3)4/h6H2,1-5H3,(H,21,24)(H,22,23). The van der Waals surface area contributed by atoms with Gasteiger partial charge in [-0.15, -0.1) is 0 Å². The van der Waals surface area contributed by atoms with E-state index in [1.807, 2.05) is 67.8 Å². The summed E-state index contributed by atoms with van der Waals surface area (Å²) >= 11 is 5.73. The minimum atomic E-state index is -0.774. The first-order valence-corrected chi connectivity index (χ1v) is 11.1. The van der Waals surface area contributed by atoms with Gasteiger partial charge in [0.1, 0.15) is 0 Å². The van der Waals surface area contributed by atoms with Crippen LogP contribution in [-0.4, -0.2) is 37.6 Å². The summed E-state index contributed by atoms with van der Waals surface area (Å²) in [7, 11) is 1.47. The fraction of sp³-hybridized carbons (Fsp3) is 0.412. The van der Waals surface area contributed by atoms with E-state index in [-0.39, 0.29) is 17.0 Å². The Morgan fingerprint density at radius 3 is 1.93 bits per heavy atom. The first-order valence-electron chi connectivity index (χ1n) is 7.87. The van der Waals surface area contributed by atoms with Crippen LogP contribution in [0.3, 0.4) is 0 Å². The van der Waals surface area contributed by atoms with Crippen molar-refractivity contribution in [3.05, 3.63) is 21.8 Å². The molecule has 0 fully saturated rings. The van der Waals surface area contributed by atoms with Crippen molar-refractivity contribution >= 4 is 97.2 Å².